The molecule has 4 aliphatic rings. The molecule has 3 atom stereocenters. The van der Waals surface area contributed by atoms with Gasteiger partial charge in [0.05, 0.1) is 17.6 Å². The van der Waals surface area contributed by atoms with Gasteiger partial charge in [-0.2, -0.15) is 0 Å². The number of nitrogens with zero attached hydrogens (tertiary/aromatic N) is 4. The van der Waals surface area contributed by atoms with E-state index in [1.807, 2.05) is 11.8 Å². The van der Waals surface area contributed by atoms with E-state index < -0.39 is 5.41 Å². The zero-order chi connectivity index (χ0) is 31.0. The number of benzene rings is 2. The van der Waals surface area contributed by atoms with E-state index in [9.17, 15) is 9.59 Å². The number of aryl methyl sites for hydroxylation is 1. The van der Waals surface area contributed by atoms with Crippen LogP contribution >= 0.6 is 0 Å². The molecule has 0 N–H and O–H groups in total. The van der Waals surface area contributed by atoms with Gasteiger partial charge in [0.25, 0.3) is 0 Å². The number of carbonyl (C=O) groups is 2. The van der Waals surface area contributed by atoms with Crippen molar-refractivity contribution >= 4 is 22.9 Å². The molecule has 2 bridgehead atoms. The van der Waals surface area contributed by atoms with Gasteiger partial charge in [-0.1, -0.05) is 61.7 Å². The van der Waals surface area contributed by atoms with Crippen LogP contribution in [0.4, 0.5) is 0 Å². The largest absolute Gasteiger partial charge is 0.465 e. The minimum Gasteiger partial charge on any atom is -0.465 e. The molecular formula is C38H50N4O3. The van der Waals surface area contributed by atoms with Gasteiger partial charge in [0.1, 0.15) is 11.2 Å². The molecule has 3 aliphatic heterocycles. The summed E-state index contributed by atoms with van der Waals surface area (Å²) in [6, 6.07) is 21.4. The van der Waals surface area contributed by atoms with Gasteiger partial charge in [-0.3, -0.25) is 14.5 Å². The fourth-order valence-corrected chi connectivity index (χ4v) is 9.64. The van der Waals surface area contributed by atoms with Gasteiger partial charge in [-0.15, -0.1) is 0 Å². The van der Waals surface area contributed by atoms with Crippen LogP contribution < -0.4 is 0 Å². The maximum absolute atomic E-state index is 14.1. The minimum atomic E-state index is -0.983. The van der Waals surface area contributed by atoms with Crippen LogP contribution in [-0.2, 0) is 19.7 Å². The summed E-state index contributed by atoms with van der Waals surface area (Å²) in [6.07, 6.45) is 12.1. The number of imidazole rings is 1. The Labute approximate surface area is 268 Å². The maximum atomic E-state index is 14.1. The first-order valence-electron chi connectivity index (χ1n) is 17.7. The standard InChI is InChI=1S/C38H50N4O3/c1-3-45-36(44)38(18-10-5-11-19-38)35(43)40-23-20-37(21-24-40,29-12-6-4-7-13-29)22-25-41-30-16-17-31(41)27-32(26-30)42-28(2)39-33-14-8-9-15-34(33)42/h4,6-9,12-15,30-32H,3,5,10-11,16-27H2,1-2H3/t30-,31?,32?/m1/s1. The summed E-state index contributed by atoms with van der Waals surface area (Å²) < 4.78 is 8.02. The van der Waals surface area contributed by atoms with Crippen LogP contribution in [0.15, 0.2) is 54.6 Å². The molecule has 1 aromatic heterocycles. The van der Waals surface area contributed by atoms with Crippen molar-refractivity contribution in [2.45, 2.75) is 114 Å². The molecule has 3 aromatic rings. The normalized spacial score (nSPS) is 26.2. The van der Waals surface area contributed by atoms with Crippen LogP contribution in [0.5, 0.6) is 0 Å². The van der Waals surface area contributed by atoms with Gasteiger partial charge in [0.15, 0.2) is 0 Å². The molecule has 7 nitrogen and oxygen atoms in total. The predicted octanol–water partition coefficient (Wildman–Crippen LogP) is 6.98. The van der Waals surface area contributed by atoms with Crippen molar-refractivity contribution in [1.29, 1.82) is 0 Å². The lowest BCUT2D eigenvalue weighted by Gasteiger charge is -2.47. The Morgan fingerprint density at radius 2 is 1.53 bits per heavy atom. The van der Waals surface area contributed by atoms with E-state index in [1.165, 1.54) is 36.8 Å². The third kappa shape index (κ3) is 5.49. The Kier molecular flexibility index (Phi) is 8.49. The second kappa shape index (κ2) is 12.5. The highest BCUT2D eigenvalue weighted by molar-refractivity contribution is 6.02. The van der Waals surface area contributed by atoms with Gasteiger partial charge >= 0.3 is 5.97 Å². The monoisotopic (exact) mass is 610 g/mol. The van der Waals surface area contributed by atoms with Gasteiger partial charge in [0.2, 0.25) is 5.91 Å². The number of aromatic nitrogens is 2. The van der Waals surface area contributed by atoms with Crippen molar-refractivity contribution in [2.24, 2.45) is 5.41 Å². The topological polar surface area (TPSA) is 67.7 Å². The Balaban J connectivity index is 1.06. The summed E-state index contributed by atoms with van der Waals surface area (Å²) in [4.78, 5) is 37.0. The summed E-state index contributed by atoms with van der Waals surface area (Å²) in [7, 11) is 0. The summed E-state index contributed by atoms with van der Waals surface area (Å²) in [5.74, 6) is 0.855. The number of amides is 1. The molecular weight excluding hydrogens is 560 g/mol. The number of rotatable bonds is 8. The van der Waals surface area contributed by atoms with Crippen LogP contribution in [0.1, 0.15) is 101 Å². The molecule has 2 unspecified atom stereocenters. The first-order chi connectivity index (χ1) is 21.9. The molecule has 1 amide bonds. The maximum Gasteiger partial charge on any atom is 0.321 e. The highest BCUT2D eigenvalue weighted by Gasteiger charge is 2.51. The van der Waals surface area contributed by atoms with Crippen LogP contribution in [0.2, 0.25) is 0 Å². The molecule has 3 saturated heterocycles. The number of hydrogen-bond acceptors (Lipinski definition) is 5. The third-order valence-corrected chi connectivity index (χ3v) is 12.0. The van der Waals surface area contributed by atoms with Crippen molar-refractivity contribution < 1.29 is 14.3 Å². The van der Waals surface area contributed by atoms with Crippen molar-refractivity contribution in [1.82, 2.24) is 19.4 Å². The fourth-order valence-electron chi connectivity index (χ4n) is 9.64. The van der Waals surface area contributed by atoms with Crippen molar-refractivity contribution in [3.8, 4) is 0 Å². The fraction of sp³-hybridized carbons (Fsp3) is 0.605. The highest BCUT2D eigenvalue weighted by Crippen LogP contribution is 2.46. The third-order valence-electron chi connectivity index (χ3n) is 12.0. The van der Waals surface area contributed by atoms with Gasteiger partial charge < -0.3 is 14.2 Å². The smallest absolute Gasteiger partial charge is 0.321 e. The van der Waals surface area contributed by atoms with E-state index in [-0.39, 0.29) is 17.3 Å². The molecule has 1 saturated carbocycles. The second-order valence-electron chi connectivity index (χ2n) is 14.3. The number of esters is 1. The van der Waals surface area contributed by atoms with Gasteiger partial charge in [0, 0.05) is 31.2 Å². The first-order valence-corrected chi connectivity index (χ1v) is 17.7. The average Bonchev–Trinajstić information content (AvgIpc) is 3.54. The number of ether oxygens (including phenoxy) is 1. The zero-order valence-corrected chi connectivity index (χ0v) is 27.3. The minimum absolute atomic E-state index is 0.0183. The molecule has 7 rings (SSSR count). The quantitative estimate of drug-likeness (QED) is 0.203. The lowest BCUT2D eigenvalue weighted by Crippen LogP contribution is -2.55. The average molecular weight is 611 g/mol. The molecule has 45 heavy (non-hydrogen) atoms. The summed E-state index contributed by atoms with van der Waals surface area (Å²) in [6.45, 7) is 6.83. The number of carbonyl (C=O) groups excluding carboxylic acids is 2. The molecule has 7 heteroatoms. The van der Waals surface area contributed by atoms with Crippen molar-refractivity contribution in [2.75, 3.05) is 26.2 Å². The molecule has 1 aliphatic carbocycles. The molecule has 240 valence electrons. The Hall–Kier alpha value is -3.19. The van der Waals surface area contributed by atoms with E-state index in [4.69, 9.17) is 9.72 Å². The second-order valence-corrected chi connectivity index (χ2v) is 14.3. The van der Waals surface area contributed by atoms with Crippen molar-refractivity contribution in [3.05, 3.63) is 66.0 Å². The Morgan fingerprint density at radius 1 is 0.867 bits per heavy atom. The predicted molar refractivity (Wildman–Crippen MR) is 177 cm³/mol. The SMILES string of the molecule is CCOC(=O)C1(C(=O)N2CCC(CCN3C4CC[C@@H]3CC(n3c(C)nc5ccccc53)C4)(c3ccccc3)CC2)CCCCC1. The lowest BCUT2D eigenvalue weighted by atomic mass is 9.68. The zero-order valence-electron chi connectivity index (χ0n) is 27.3. The molecule has 0 radical (unpaired) electrons. The van der Waals surface area contributed by atoms with E-state index in [0.29, 0.717) is 50.7 Å². The first kappa shape index (κ1) is 30.5. The summed E-state index contributed by atoms with van der Waals surface area (Å²) in [5.41, 5.74) is 2.84. The van der Waals surface area contributed by atoms with Crippen LogP contribution in [0, 0.1) is 12.3 Å². The number of hydrogen-bond donors (Lipinski definition) is 0. The van der Waals surface area contributed by atoms with E-state index in [2.05, 4.69) is 71.0 Å². The number of likely N-dealkylation sites (tertiary alicyclic amines) is 1. The van der Waals surface area contributed by atoms with E-state index >= 15 is 0 Å². The molecule has 2 aromatic carbocycles. The van der Waals surface area contributed by atoms with E-state index in [0.717, 1.165) is 56.4 Å². The number of piperidine rings is 2. The van der Waals surface area contributed by atoms with Gasteiger partial charge in [-0.05, 0) is 101 Å². The summed E-state index contributed by atoms with van der Waals surface area (Å²) in [5, 5.41) is 0. The van der Waals surface area contributed by atoms with Crippen LogP contribution in [0.25, 0.3) is 11.0 Å². The van der Waals surface area contributed by atoms with E-state index in [1.54, 1.807) is 0 Å². The number of fused-ring (bicyclic) bond motifs is 3. The molecule has 4 heterocycles. The highest BCUT2D eigenvalue weighted by atomic mass is 16.5. The van der Waals surface area contributed by atoms with Crippen LogP contribution in [0.3, 0.4) is 0 Å². The van der Waals surface area contributed by atoms with Crippen LogP contribution in [-0.4, -0.2) is 69.6 Å². The summed E-state index contributed by atoms with van der Waals surface area (Å²) >= 11 is 0. The lowest BCUT2D eigenvalue weighted by molar-refractivity contribution is -0.168. The Bertz CT molecular complexity index is 1490. The van der Waals surface area contributed by atoms with Crippen molar-refractivity contribution in [3.63, 3.8) is 0 Å². The molecule has 4 fully saturated rings. The van der Waals surface area contributed by atoms with Gasteiger partial charge in [-0.25, -0.2) is 4.98 Å². The number of para-hydroxylation sites is 2. The molecule has 0 spiro atoms. The Morgan fingerprint density at radius 3 is 2.22 bits per heavy atom.